The predicted molar refractivity (Wildman–Crippen MR) is 86.0 cm³/mol. The molecule has 1 N–H and O–H groups in total. The molecule has 118 valence electrons. The van der Waals surface area contributed by atoms with E-state index >= 15 is 0 Å². The van der Waals surface area contributed by atoms with Crippen LogP contribution in [0.2, 0.25) is 0 Å². The third-order valence-corrected chi connectivity index (χ3v) is 5.72. The Hall–Kier alpha value is -0.0800. The zero-order valence-corrected chi connectivity index (χ0v) is 14.5. The molecule has 2 heteroatoms. The molecule has 2 aliphatic rings. The van der Waals surface area contributed by atoms with Crippen LogP contribution in [0.25, 0.3) is 0 Å². The lowest BCUT2D eigenvalue weighted by Crippen LogP contribution is -2.53. The maximum Gasteiger partial charge on any atom is 0.0677 e. The number of ether oxygens (including phenoxy) is 1. The monoisotopic (exact) mass is 281 g/mol. The highest BCUT2D eigenvalue weighted by atomic mass is 16.5. The smallest absolute Gasteiger partial charge is 0.0677 e. The van der Waals surface area contributed by atoms with Gasteiger partial charge >= 0.3 is 0 Å². The molecule has 1 aliphatic heterocycles. The normalized spacial score (nSPS) is 33.0. The van der Waals surface area contributed by atoms with E-state index in [1.165, 1.54) is 38.5 Å². The molecule has 1 saturated heterocycles. The highest BCUT2D eigenvalue weighted by Crippen LogP contribution is 2.50. The highest BCUT2D eigenvalue weighted by molar-refractivity contribution is 5.04. The van der Waals surface area contributed by atoms with E-state index in [1.54, 1.807) is 0 Å². The second-order valence-corrected chi connectivity index (χ2v) is 8.53. The Labute approximate surface area is 126 Å². The van der Waals surface area contributed by atoms with Crippen molar-refractivity contribution in [3.8, 4) is 0 Å². The molecule has 20 heavy (non-hydrogen) atoms. The zero-order chi connectivity index (χ0) is 15.0. The van der Waals surface area contributed by atoms with Crippen molar-refractivity contribution >= 4 is 0 Å². The van der Waals surface area contributed by atoms with Gasteiger partial charge in [0.1, 0.15) is 0 Å². The van der Waals surface area contributed by atoms with Gasteiger partial charge in [-0.3, -0.25) is 0 Å². The number of nitrogens with one attached hydrogen (secondary N) is 1. The molecule has 2 atom stereocenters. The average molecular weight is 281 g/mol. The summed E-state index contributed by atoms with van der Waals surface area (Å²) in [7, 11) is 0. The van der Waals surface area contributed by atoms with Crippen molar-refractivity contribution in [2.24, 2.45) is 11.3 Å². The van der Waals surface area contributed by atoms with Crippen LogP contribution < -0.4 is 5.32 Å². The van der Waals surface area contributed by atoms with Crippen molar-refractivity contribution in [2.45, 2.75) is 97.3 Å². The zero-order valence-electron chi connectivity index (χ0n) is 14.5. The number of rotatable bonds is 4. The third-order valence-electron chi connectivity index (χ3n) is 5.72. The van der Waals surface area contributed by atoms with Gasteiger partial charge in [-0.1, -0.05) is 33.1 Å². The van der Waals surface area contributed by atoms with Crippen LogP contribution in [0.15, 0.2) is 0 Å². The van der Waals surface area contributed by atoms with Crippen molar-refractivity contribution < 1.29 is 4.74 Å². The Morgan fingerprint density at radius 1 is 1.05 bits per heavy atom. The first-order chi connectivity index (χ1) is 9.20. The van der Waals surface area contributed by atoms with E-state index in [1.807, 2.05) is 0 Å². The Bertz CT molecular complexity index is 328. The fourth-order valence-electron chi connectivity index (χ4n) is 4.89. The van der Waals surface area contributed by atoms with Gasteiger partial charge in [0.05, 0.1) is 11.2 Å². The Balaban J connectivity index is 2.24. The first-order valence-corrected chi connectivity index (χ1v) is 8.64. The first-order valence-electron chi connectivity index (χ1n) is 8.64. The van der Waals surface area contributed by atoms with Crippen LogP contribution in [0.4, 0.5) is 0 Å². The van der Waals surface area contributed by atoms with Gasteiger partial charge in [-0.15, -0.1) is 0 Å². The summed E-state index contributed by atoms with van der Waals surface area (Å²) in [5.74, 6) is 0.612. The van der Waals surface area contributed by atoms with Gasteiger partial charge in [-0.05, 0) is 58.9 Å². The third kappa shape index (κ3) is 3.22. The Kier molecular flexibility index (Phi) is 4.57. The van der Waals surface area contributed by atoms with E-state index in [0.717, 1.165) is 6.54 Å². The summed E-state index contributed by atoms with van der Waals surface area (Å²) >= 11 is 0. The minimum Gasteiger partial charge on any atom is -0.369 e. The fourth-order valence-corrected chi connectivity index (χ4v) is 4.89. The van der Waals surface area contributed by atoms with Crippen LogP contribution in [0.3, 0.4) is 0 Å². The van der Waals surface area contributed by atoms with Gasteiger partial charge in [0.25, 0.3) is 0 Å². The van der Waals surface area contributed by atoms with Crippen molar-refractivity contribution in [1.29, 1.82) is 0 Å². The minimum atomic E-state index is -0.0171. The summed E-state index contributed by atoms with van der Waals surface area (Å²) in [4.78, 5) is 0. The van der Waals surface area contributed by atoms with Crippen LogP contribution >= 0.6 is 0 Å². The van der Waals surface area contributed by atoms with Gasteiger partial charge in [-0.25, -0.2) is 0 Å². The topological polar surface area (TPSA) is 21.3 Å². The molecule has 2 fully saturated rings. The van der Waals surface area contributed by atoms with Crippen LogP contribution in [0.5, 0.6) is 0 Å². The van der Waals surface area contributed by atoms with Crippen molar-refractivity contribution in [2.75, 3.05) is 6.54 Å². The van der Waals surface area contributed by atoms with E-state index in [9.17, 15) is 0 Å². The van der Waals surface area contributed by atoms with Crippen molar-refractivity contribution in [3.63, 3.8) is 0 Å². The van der Waals surface area contributed by atoms with Crippen LogP contribution in [0, 0.1) is 11.3 Å². The van der Waals surface area contributed by atoms with E-state index in [-0.39, 0.29) is 11.2 Å². The summed E-state index contributed by atoms with van der Waals surface area (Å²) in [6.45, 7) is 14.9. The fraction of sp³-hybridized carbons (Fsp3) is 1.00. The van der Waals surface area contributed by atoms with Gasteiger partial charge < -0.3 is 10.1 Å². The standard InChI is InChI=1S/C18H35NO/c1-7-19-15(18(6)11-9-8-10-12-18)14-13-16(2,3)20-17(14,4)5/h14-15,19H,7-13H2,1-6H3. The quantitative estimate of drug-likeness (QED) is 0.817. The summed E-state index contributed by atoms with van der Waals surface area (Å²) in [5, 5.41) is 3.85. The van der Waals surface area contributed by atoms with Gasteiger partial charge in [0.2, 0.25) is 0 Å². The SMILES string of the molecule is CCNC(C1CC(C)(C)OC1(C)C)C1(C)CCCCC1. The van der Waals surface area contributed by atoms with Gasteiger partial charge in [-0.2, -0.15) is 0 Å². The second-order valence-electron chi connectivity index (χ2n) is 8.53. The summed E-state index contributed by atoms with van der Waals surface area (Å²) < 4.78 is 6.37. The molecule has 0 aromatic rings. The predicted octanol–water partition coefficient (Wildman–Crippen LogP) is 4.53. The van der Waals surface area contributed by atoms with Crippen molar-refractivity contribution in [3.05, 3.63) is 0 Å². The summed E-state index contributed by atoms with van der Waals surface area (Å²) in [5.41, 5.74) is 0.448. The van der Waals surface area contributed by atoms with E-state index in [4.69, 9.17) is 4.74 Å². The summed E-state index contributed by atoms with van der Waals surface area (Å²) in [6.07, 6.45) is 8.14. The molecule has 2 rings (SSSR count). The molecule has 0 aromatic heterocycles. The molecule has 0 spiro atoms. The average Bonchev–Trinajstić information content (AvgIpc) is 2.55. The van der Waals surface area contributed by atoms with Crippen molar-refractivity contribution in [1.82, 2.24) is 5.32 Å². The van der Waals surface area contributed by atoms with E-state index in [2.05, 4.69) is 46.9 Å². The van der Waals surface area contributed by atoms with E-state index < -0.39 is 0 Å². The van der Waals surface area contributed by atoms with Crippen LogP contribution in [0.1, 0.15) is 80.1 Å². The van der Waals surface area contributed by atoms with E-state index in [0.29, 0.717) is 17.4 Å². The lowest BCUT2D eigenvalue weighted by atomic mass is 9.63. The molecular weight excluding hydrogens is 246 g/mol. The number of hydrogen-bond acceptors (Lipinski definition) is 2. The Morgan fingerprint density at radius 3 is 2.10 bits per heavy atom. The van der Waals surface area contributed by atoms with Crippen LogP contribution in [-0.2, 0) is 4.74 Å². The minimum absolute atomic E-state index is 0.0171. The maximum atomic E-state index is 6.37. The van der Waals surface area contributed by atoms with Gasteiger partial charge in [0, 0.05) is 12.0 Å². The molecule has 2 nitrogen and oxygen atoms in total. The summed E-state index contributed by atoms with van der Waals surface area (Å²) in [6, 6.07) is 0.588. The molecule has 1 heterocycles. The first kappa shape index (κ1) is 16.3. The second kappa shape index (κ2) is 5.61. The molecule has 0 aromatic carbocycles. The largest absolute Gasteiger partial charge is 0.369 e. The molecule has 0 amide bonds. The van der Waals surface area contributed by atoms with Crippen LogP contribution in [-0.4, -0.2) is 23.8 Å². The molecule has 0 radical (unpaired) electrons. The molecule has 2 unspecified atom stereocenters. The lowest BCUT2D eigenvalue weighted by Gasteiger charge is -2.47. The van der Waals surface area contributed by atoms with Gasteiger partial charge in [0.15, 0.2) is 0 Å². The molecule has 1 aliphatic carbocycles. The highest BCUT2D eigenvalue weighted by Gasteiger charge is 2.53. The molecule has 1 saturated carbocycles. The maximum absolute atomic E-state index is 6.37. The molecular formula is C18H35NO. The Morgan fingerprint density at radius 2 is 1.65 bits per heavy atom. The number of hydrogen-bond donors (Lipinski definition) is 1. The molecule has 0 bridgehead atoms. The lowest BCUT2D eigenvalue weighted by molar-refractivity contribution is -0.0841.